The fraction of sp³-hybridized carbons (Fsp3) is 0.400. The van der Waals surface area contributed by atoms with E-state index in [1.165, 1.54) is 17.1 Å². The van der Waals surface area contributed by atoms with Crippen LogP contribution in [0.5, 0.6) is 11.5 Å². The van der Waals surface area contributed by atoms with E-state index < -0.39 is 31.2 Å². The molecule has 1 saturated heterocycles. The van der Waals surface area contributed by atoms with Crippen LogP contribution < -0.4 is 14.8 Å². The van der Waals surface area contributed by atoms with Gasteiger partial charge in [-0.3, -0.25) is 0 Å². The van der Waals surface area contributed by atoms with Gasteiger partial charge >= 0.3 is 0 Å². The minimum absolute atomic E-state index is 0.289. The van der Waals surface area contributed by atoms with Crippen LogP contribution in [0, 0.1) is 0 Å². The second kappa shape index (κ2) is 8.83. The smallest absolute Gasteiger partial charge is 0.173 e. The summed E-state index contributed by atoms with van der Waals surface area (Å²) in [6.45, 7) is -0.131. The molecule has 2 aromatic heterocycles. The Balaban J connectivity index is 1.64. The van der Waals surface area contributed by atoms with E-state index in [0.29, 0.717) is 34.9 Å². The highest BCUT2D eigenvalue weighted by molar-refractivity contribution is 6.36. The molecule has 166 valence electrons. The number of aliphatic hydroxyl groups excluding tert-OH is 2. The first-order valence-corrected chi connectivity index (χ1v) is 9.90. The Bertz CT molecular complexity index is 1080. The molecule has 0 spiro atoms. The fourth-order valence-corrected chi connectivity index (χ4v) is 3.90. The fourth-order valence-electron chi connectivity index (χ4n) is 3.62. The van der Waals surface area contributed by atoms with Crippen LogP contribution >= 0.6 is 11.6 Å². The Labute approximate surface area is 182 Å². The average Bonchev–Trinajstić information content (AvgIpc) is 3.28. The highest BCUT2D eigenvalue weighted by atomic mass is 35.5. The maximum absolute atomic E-state index is 14.6. The number of rotatable bonds is 7. The molecule has 31 heavy (non-hydrogen) atoms. The second-order valence-electron chi connectivity index (χ2n) is 7.02. The van der Waals surface area contributed by atoms with Gasteiger partial charge in [-0.05, 0) is 12.1 Å². The third-order valence-corrected chi connectivity index (χ3v) is 5.54. The largest absolute Gasteiger partial charge is 0.497 e. The second-order valence-corrected chi connectivity index (χ2v) is 7.43. The number of methoxy groups -OCH3 is 2. The Morgan fingerprint density at radius 1 is 1.29 bits per heavy atom. The van der Waals surface area contributed by atoms with Gasteiger partial charge in [0.1, 0.15) is 41.5 Å². The van der Waals surface area contributed by atoms with Crippen molar-refractivity contribution in [1.29, 1.82) is 0 Å². The van der Waals surface area contributed by atoms with Crippen molar-refractivity contribution >= 4 is 28.5 Å². The number of fused-ring (bicyclic) bond motifs is 1. The number of hydrogen-bond donors (Lipinski definition) is 3. The van der Waals surface area contributed by atoms with Crippen molar-refractivity contribution < 1.29 is 28.8 Å². The number of anilines is 1. The Morgan fingerprint density at radius 2 is 2.10 bits per heavy atom. The van der Waals surface area contributed by atoms with Gasteiger partial charge in [0.25, 0.3) is 0 Å². The number of aliphatic hydroxyl groups is 2. The molecule has 3 N–H and O–H groups in total. The number of benzene rings is 1. The predicted octanol–water partition coefficient (Wildman–Crippen LogP) is 2.30. The standard InChI is InChI=1S/C20H22ClFN4O5/c1-29-11-4-3-10(13(5-11)30-2)6-23-18-15-12(21)7-26(19(15)25-9-24-18)20-16(22)17(28)14(8-27)31-20/h3-5,7,9,14,16-17,20,27-28H,6,8H2,1-2H3,(H,23,24,25)/t14-,16+,17-,20-/m1/s1. The van der Waals surface area contributed by atoms with Crippen LogP contribution in [0.1, 0.15) is 11.8 Å². The van der Waals surface area contributed by atoms with E-state index in [1.807, 2.05) is 12.1 Å². The Hall–Kier alpha value is -2.66. The maximum Gasteiger partial charge on any atom is 0.173 e. The molecule has 0 amide bonds. The number of nitrogens with zero attached hydrogens (tertiary/aromatic N) is 3. The van der Waals surface area contributed by atoms with Gasteiger partial charge in [-0.25, -0.2) is 14.4 Å². The molecule has 3 heterocycles. The van der Waals surface area contributed by atoms with Gasteiger partial charge in [-0.1, -0.05) is 11.6 Å². The number of ether oxygens (including phenoxy) is 3. The molecule has 0 saturated carbocycles. The molecule has 0 unspecified atom stereocenters. The van der Waals surface area contributed by atoms with Crippen molar-refractivity contribution in [2.45, 2.75) is 31.2 Å². The van der Waals surface area contributed by atoms with E-state index in [1.54, 1.807) is 20.3 Å². The quantitative estimate of drug-likeness (QED) is 0.501. The summed E-state index contributed by atoms with van der Waals surface area (Å²) in [5.74, 6) is 1.76. The predicted molar refractivity (Wildman–Crippen MR) is 111 cm³/mol. The lowest BCUT2D eigenvalue weighted by atomic mass is 10.1. The molecule has 3 aromatic rings. The summed E-state index contributed by atoms with van der Waals surface area (Å²) in [4.78, 5) is 8.49. The van der Waals surface area contributed by atoms with E-state index in [9.17, 15) is 14.6 Å². The lowest BCUT2D eigenvalue weighted by molar-refractivity contribution is -0.0457. The minimum atomic E-state index is -1.75. The Kier molecular flexibility index (Phi) is 6.15. The van der Waals surface area contributed by atoms with Crippen molar-refractivity contribution in [3.8, 4) is 11.5 Å². The molecule has 1 aliphatic rings. The number of halogens is 2. The zero-order valence-corrected chi connectivity index (χ0v) is 17.6. The zero-order chi connectivity index (χ0) is 22.1. The van der Waals surface area contributed by atoms with E-state index in [4.69, 9.17) is 25.8 Å². The summed E-state index contributed by atoms with van der Waals surface area (Å²) >= 11 is 6.42. The molecule has 4 rings (SSSR count). The summed E-state index contributed by atoms with van der Waals surface area (Å²) in [6, 6.07) is 5.46. The molecule has 0 bridgehead atoms. The normalized spacial score (nSPS) is 23.3. The first-order chi connectivity index (χ1) is 15.0. The van der Waals surface area contributed by atoms with Gasteiger partial charge in [-0.15, -0.1) is 0 Å². The number of aromatic nitrogens is 3. The summed E-state index contributed by atoms with van der Waals surface area (Å²) < 4.78 is 32.1. The van der Waals surface area contributed by atoms with Gasteiger partial charge in [0.15, 0.2) is 12.4 Å². The van der Waals surface area contributed by atoms with Crippen molar-refractivity contribution in [1.82, 2.24) is 14.5 Å². The number of nitrogens with one attached hydrogen (secondary N) is 1. The third kappa shape index (κ3) is 3.87. The molecule has 1 aliphatic heterocycles. The van der Waals surface area contributed by atoms with Crippen LogP contribution in [0.15, 0.2) is 30.7 Å². The van der Waals surface area contributed by atoms with Crippen LogP contribution in [0.2, 0.25) is 5.02 Å². The molecule has 1 aromatic carbocycles. The topological polar surface area (TPSA) is 111 Å². The van der Waals surface area contributed by atoms with Crippen LogP contribution in [0.3, 0.4) is 0 Å². The monoisotopic (exact) mass is 452 g/mol. The van der Waals surface area contributed by atoms with Crippen molar-refractivity contribution in [2.24, 2.45) is 0 Å². The highest BCUT2D eigenvalue weighted by Crippen LogP contribution is 2.38. The van der Waals surface area contributed by atoms with Gasteiger partial charge in [0, 0.05) is 24.4 Å². The summed E-state index contributed by atoms with van der Waals surface area (Å²) in [5, 5.41) is 23.2. The first-order valence-electron chi connectivity index (χ1n) is 9.52. The van der Waals surface area contributed by atoms with Crippen LogP contribution in [-0.4, -0.2) is 64.0 Å². The van der Waals surface area contributed by atoms with E-state index in [0.717, 1.165) is 5.56 Å². The first kappa shape index (κ1) is 21.6. The SMILES string of the molecule is COc1ccc(CNc2ncnc3c2c(Cl)cn3[C@@H]2O[C@H](CO)[C@@H](O)[C@@H]2F)c(OC)c1. The lowest BCUT2D eigenvalue weighted by Gasteiger charge is -2.16. The van der Waals surface area contributed by atoms with E-state index >= 15 is 0 Å². The van der Waals surface area contributed by atoms with Gasteiger partial charge in [0.2, 0.25) is 0 Å². The lowest BCUT2D eigenvalue weighted by Crippen LogP contribution is -2.30. The molecule has 0 aliphatic carbocycles. The molecular formula is C20H22ClFN4O5. The van der Waals surface area contributed by atoms with Gasteiger partial charge in [-0.2, -0.15) is 0 Å². The van der Waals surface area contributed by atoms with Gasteiger partial charge < -0.3 is 34.3 Å². The average molecular weight is 453 g/mol. The zero-order valence-electron chi connectivity index (χ0n) is 16.8. The summed E-state index contributed by atoms with van der Waals surface area (Å²) in [7, 11) is 3.15. The molecule has 4 atom stereocenters. The number of hydrogen-bond acceptors (Lipinski definition) is 8. The molecule has 11 heteroatoms. The highest BCUT2D eigenvalue weighted by Gasteiger charge is 2.45. The Morgan fingerprint density at radius 3 is 2.77 bits per heavy atom. The van der Waals surface area contributed by atoms with Crippen LogP contribution in [0.25, 0.3) is 11.0 Å². The van der Waals surface area contributed by atoms with Crippen LogP contribution in [-0.2, 0) is 11.3 Å². The summed E-state index contributed by atoms with van der Waals surface area (Å²) in [5.41, 5.74) is 1.20. The van der Waals surface area contributed by atoms with Crippen LogP contribution in [0.4, 0.5) is 10.2 Å². The molecule has 9 nitrogen and oxygen atoms in total. The van der Waals surface area contributed by atoms with E-state index in [-0.39, 0.29) is 5.02 Å². The maximum atomic E-state index is 14.6. The van der Waals surface area contributed by atoms with Crippen molar-refractivity contribution in [3.63, 3.8) is 0 Å². The number of alkyl halides is 1. The van der Waals surface area contributed by atoms with E-state index in [2.05, 4.69) is 15.3 Å². The van der Waals surface area contributed by atoms with Crippen molar-refractivity contribution in [2.75, 3.05) is 26.1 Å². The van der Waals surface area contributed by atoms with Crippen molar-refractivity contribution in [3.05, 3.63) is 41.3 Å². The minimum Gasteiger partial charge on any atom is -0.497 e. The molecular weight excluding hydrogens is 431 g/mol. The summed E-state index contributed by atoms with van der Waals surface area (Å²) in [6.07, 6.45) is -2.61. The van der Waals surface area contributed by atoms with Gasteiger partial charge in [0.05, 0.1) is 31.2 Å². The molecule has 0 radical (unpaired) electrons. The molecule has 1 fully saturated rings. The third-order valence-electron chi connectivity index (χ3n) is 5.25.